The van der Waals surface area contributed by atoms with E-state index in [0.29, 0.717) is 0 Å². The summed E-state index contributed by atoms with van der Waals surface area (Å²) in [4.78, 5) is 0. The molecular formula is C26H25INP. The first-order valence-electron chi connectivity index (χ1n) is 9.93. The van der Waals surface area contributed by atoms with E-state index in [9.17, 15) is 0 Å². The van der Waals surface area contributed by atoms with Crippen molar-refractivity contribution >= 4 is 48.0 Å². The molecule has 0 amide bonds. The first-order valence-corrected chi connectivity index (χ1v) is 14.9. The van der Waals surface area contributed by atoms with Crippen molar-refractivity contribution in [3.05, 3.63) is 121 Å². The Kier molecular flexibility index (Phi) is 5.76. The van der Waals surface area contributed by atoms with Crippen LogP contribution in [0.15, 0.2) is 121 Å². The number of benzene rings is 4. The van der Waals surface area contributed by atoms with Crippen LogP contribution in [0.2, 0.25) is 0 Å². The van der Waals surface area contributed by atoms with Crippen molar-refractivity contribution in [3.63, 3.8) is 0 Å². The average molecular weight is 509 g/mol. The summed E-state index contributed by atoms with van der Waals surface area (Å²) in [6.07, 6.45) is 0. The van der Waals surface area contributed by atoms with Gasteiger partial charge in [-0.25, -0.2) is 0 Å². The van der Waals surface area contributed by atoms with Gasteiger partial charge in [-0.15, -0.1) is 0 Å². The summed E-state index contributed by atoms with van der Waals surface area (Å²) in [5, 5.41) is 4.09. The minimum atomic E-state index is -3.01. The fraction of sp³-hybridized carbons (Fsp3) is 0.0769. The molecule has 3 heteroatoms. The summed E-state index contributed by atoms with van der Waals surface area (Å²) in [6, 6.07) is 44.0. The maximum absolute atomic E-state index is 3.01. The van der Waals surface area contributed by atoms with Crippen molar-refractivity contribution in [2.24, 2.45) is 0 Å². The summed E-state index contributed by atoms with van der Waals surface area (Å²) in [7, 11) is 0. The van der Waals surface area contributed by atoms with Crippen LogP contribution in [0.1, 0.15) is 6.92 Å². The average Bonchev–Trinajstić information content (AvgIpc) is 2.82. The Bertz CT molecular complexity index is 953. The Morgan fingerprint density at radius 1 is 0.552 bits per heavy atom. The number of hydrogen-bond acceptors (Lipinski definition) is 1. The molecule has 0 fully saturated rings. The van der Waals surface area contributed by atoms with Gasteiger partial charge in [0.25, 0.3) is 0 Å². The standard InChI is InChI=1S/C26H25INP/c1-2-28(23-15-7-3-8-16-23)29(27,24-17-9-4-10-18-24,25-19-11-5-12-20-25)26-21-13-6-14-22-26/h3-22H,2H2,1H3. The summed E-state index contributed by atoms with van der Waals surface area (Å²) < 4.78 is -0.369. The third-order valence-corrected chi connectivity index (χ3v) is 17.2. The molecule has 4 rings (SSSR count). The van der Waals surface area contributed by atoms with Crippen LogP contribution in [0.5, 0.6) is 0 Å². The topological polar surface area (TPSA) is 3.24 Å². The second-order valence-corrected chi connectivity index (χ2v) is 16.6. The van der Waals surface area contributed by atoms with Gasteiger partial charge >= 0.3 is 188 Å². The molecule has 0 bridgehead atoms. The van der Waals surface area contributed by atoms with Gasteiger partial charge in [0.05, 0.1) is 0 Å². The molecule has 1 nitrogen and oxygen atoms in total. The van der Waals surface area contributed by atoms with E-state index in [4.69, 9.17) is 0 Å². The van der Waals surface area contributed by atoms with Crippen molar-refractivity contribution < 1.29 is 0 Å². The van der Waals surface area contributed by atoms with E-state index >= 15 is 0 Å². The Hall–Kier alpha value is -2.16. The molecule has 0 unspecified atom stereocenters. The van der Waals surface area contributed by atoms with Crippen LogP contribution in [0.4, 0.5) is 5.69 Å². The van der Waals surface area contributed by atoms with E-state index in [2.05, 4.69) is 155 Å². The predicted molar refractivity (Wildman–Crippen MR) is 139 cm³/mol. The number of anilines is 1. The van der Waals surface area contributed by atoms with Crippen LogP contribution in [0, 0.1) is 0 Å². The third kappa shape index (κ3) is 3.19. The summed E-state index contributed by atoms with van der Waals surface area (Å²) in [5.41, 5.74) is 1.25. The molecule has 0 spiro atoms. The molecule has 0 atom stereocenters. The molecule has 4 aromatic carbocycles. The second-order valence-electron chi connectivity index (χ2n) is 7.02. The molecule has 0 saturated carbocycles. The predicted octanol–water partition coefficient (Wildman–Crippen LogP) is 6.31. The van der Waals surface area contributed by atoms with Crippen LogP contribution < -0.4 is 20.6 Å². The first kappa shape index (κ1) is 20.1. The van der Waals surface area contributed by atoms with Crippen molar-refractivity contribution in [3.8, 4) is 0 Å². The molecule has 4 aromatic rings. The molecule has 0 saturated heterocycles. The summed E-state index contributed by atoms with van der Waals surface area (Å²) in [5.74, 6) is 0. The van der Waals surface area contributed by atoms with Gasteiger partial charge in [-0.05, 0) is 0 Å². The van der Waals surface area contributed by atoms with Crippen LogP contribution in [-0.4, -0.2) is 6.54 Å². The van der Waals surface area contributed by atoms with Crippen LogP contribution in [0.25, 0.3) is 0 Å². The van der Waals surface area contributed by atoms with E-state index in [0.717, 1.165) is 6.54 Å². The number of hydrogen-bond donors (Lipinski definition) is 0. The number of para-hydroxylation sites is 1. The van der Waals surface area contributed by atoms with Crippen molar-refractivity contribution in [1.29, 1.82) is 0 Å². The Balaban J connectivity index is 2.19. The van der Waals surface area contributed by atoms with Gasteiger partial charge in [0.1, 0.15) is 0 Å². The van der Waals surface area contributed by atoms with Gasteiger partial charge in [0, 0.05) is 0 Å². The summed E-state index contributed by atoms with van der Waals surface area (Å²) >= 11 is 2.83. The fourth-order valence-corrected chi connectivity index (χ4v) is 13.8. The van der Waals surface area contributed by atoms with Crippen molar-refractivity contribution in [1.82, 2.24) is 0 Å². The molecule has 0 aliphatic carbocycles. The van der Waals surface area contributed by atoms with E-state index < -0.39 is 4.40 Å². The van der Waals surface area contributed by atoms with E-state index in [1.807, 2.05) is 0 Å². The molecule has 0 aliphatic rings. The van der Waals surface area contributed by atoms with Crippen LogP contribution in [0.3, 0.4) is 0 Å². The molecular weight excluding hydrogens is 484 g/mol. The second kappa shape index (κ2) is 8.30. The van der Waals surface area contributed by atoms with E-state index in [1.54, 1.807) is 0 Å². The van der Waals surface area contributed by atoms with Crippen LogP contribution >= 0.6 is 26.4 Å². The zero-order chi connectivity index (χ0) is 20.2. The van der Waals surface area contributed by atoms with Gasteiger partial charge < -0.3 is 0 Å². The first-order chi connectivity index (χ1) is 14.2. The van der Waals surface area contributed by atoms with Gasteiger partial charge in [-0.1, -0.05) is 0 Å². The molecule has 0 aliphatic heterocycles. The zero-order valence-corrected chi connectivity index (χ0v) is 19.6. The maximum atomic E-state index is 2.83. The SMILES string of the molecule is CCN(c1ccccc1)P(I)(c1ccccc1)(c1ccccc1)c1ccccc1. The molecule has 146 valence electrons. The quantitative estimate of drug-likeness (QED) is 0.218. The molecule has 0 radical (unpaired) electrons. The third-order valence-electron chi connectivity index (χ3n) is 5.49. The molecule has 0 N–H and O–H groups in total. The fourth-order valence-electron chi connectivity index (χ4n) is 4.23. The van der Waals surface area contributed by atoms with E-state index in [1.165, 1.54) is 21.6 Å². The molecule has 0 heterocycles. The van der Waals surface area contributed by atoms with Gasteiger partial charge in [0.15, 0.2) is 0 Å². The van der Waals surface area contributed by atoms with Crippen LogP contribution in [-0.2, 0) is 0 Å². The number of rotatable bonds is 6. The monoisotopic (exact) mass is 509 g/mol. The normalized spacial score (nSPS) is 12.7. The van der Waals surface area contributed by atoms with Crippen molar-refractivity contribution in [2.75, 3.05) is 11.2 Å². The molecule has 29 heavy (non-hydrogen) atoms. The van der Waals surface area contributed by atoms with Crippen molar-refractivity contribution in [2.45, 2.75) is 6.92 Å². The summed E-state index contributed by atoms with van der Waals surface area (Å²) in [6.45, 7) is 3.17. The van der Waals surface area contributed by atoms with Gasteiger partial charge in [0.2, 0.25) is 0 Å². The Morgan fingerprint density at radius 3 is 1.17 bits per heavy atom. The van der Waals surface area contributed by atoms with Gasteiger partial charge in [-0.3, -0.25) is 0 Å². The Morgan fingerprint density at radius 2 is 0.862 bits per heavy atom. The Labute approximate surface area is 186 Å². The number of halogens is 1. The minimum absolute atomic E-state index is 0.906. The molecule has 0 aromatic heterocycles. The number of nitrogens with zero attached hydrogens (tertiary/aromatic N) is 1. The van der Waals surface area contributed by atoms with Gasteiger partial charge in [-0.2, -0.15) is 0 Å². The van der Waals surface area contributed by atoms with E-state index in [-0.39, 0.29) is 0 Å². The zero-order valence-electron chi connectivity index (χ0n) is 16.5.